The normalized spacial score (nSPS) is 23.6. The molecule has 2 amide bonds. The first-order valence-electron chi connectivity index (χ1n) is 9.76. The molecule has 0 aliphatic heterocycles. The van der Waals surface area contributed by atoms with E-state index in [2.05, 4.69) is 24.5 Å². The number of benzene rings is 1. The van der Waals surface area contributed by atoms with Crippen LogP contribution in [-0.4, -0.2) is 49.5 Å². The molecule has 0 aromatic heterocycles. The van der Waals surface area contributed by atoms with Gasteiger partial charge in [-0.3, -0.25) is 14.5 Å². The number of nitrogens with one attached hydrogen (secondary N) is 2. The van der Waals surface area contributed by atoms with E-state index in [0.29, 0.717) is 17.5 Å². The molecule has 2 rings (SSSR count). The molecule has 0 unspecified atom stereocenters. The molecule has 0 heterocycles. The summed E-state index contributed by atoms with van der Waals surface area (Å²) in [5.74, 6) is 1.69. The number of hydrogen-bond donors (Lipinski definition) is 2. The van der Waals surface area contributed by atoms with Gasteiger partial charge < -0.3 is 15.4 Å². The summed E-state index contributed by atoms with van der Waals surface area (Å²) >= 11 is 0. The van der Waals surface area contributed by atoms with Gasteiger partial charge in [0.1, 0.15) is 5.75 Å². The van der Waals surface area contributed by atoms with Gasteiger partial charge in [-0.2, -0.15) is 0 Å². The summed E-state index contributed by atoms with van der Waals surface area (Å²) in [4.78, 5) is 26.7. The summed E-state index contributed by atoms with van der Waals surface area (Å²) < 4.78 is 5.11. The van der Waals surface area contributed by atoms with Gasteiger partial charge in [0, 0.05) is 11.7 Å². The highest BCUT2D eigenvalue weighted by Gasteiger charge is 2.30. The molecular weight excluding hydrogens is 342 g/mol. The van der Waals surface area contributed by atoms with Gasteiger partial charge in [-0.05, 0) is 56.5 Å². The Morgan fingerprint density at radius 3 is 2.52 bits per heavy atom. The Labute approximate surface area is 162 Å². The van der Waals surface area contributed by atoms with E-state index in [1.54, 1.807) is 43.3 Å². The van der Waals surface area contributed by atoms with Gasteiger partial charge in [0.25, 0.3) is 0 Å². The average molecular weight is 376 g/mol. The van der Waals surface area contributed by atoms with E-state index in [1.165, 1.54) is 6.42 Å². The number of carbonyl (C=O) groups is 2. The summed E-state index contributed by atoms with van der Waals surface area (Å²) in [6.07, 6.45) is 3.42. The first-order valence-corrected chi connectivity index (χ1v) is 9.76. The fourth-order valence-electron chi connectivity index (χ4n) is 3.53. The minimum atomic E-state index is -0.365. The van der Waals surface area contributed by atoms with Crippen LogP contribution in [0.25, 0.3) is 0 Å². The van der Waals surface area contributed by atoms with E-state index < -0.39 is 0 Å². The molecule has 0 saturated heterocycles. The number of amides is 2. The molecule has 6 heteroatoms. The molecule has 1 aromatic rings. The van der Waals surface area contributed by atoms with E-state index in [-0.39, 0.29) is 30.4 Å². The van der Waals surface area contributed by atoms with Crippen LogP contribution in [0.2, 0.25) is 0 Å². The minimum absolute atomic E-state index is 0.0132. The molecule has 0 bridgehead atoms. The maximum absolute atomic E-state index is 12.6. The van der Waals surface area contributed by atoms with Crippen molar-refractivity contribution in [3.63, 3.8) is 0 Å². The average Bonchev–Trinajstić information content (AvgIpc) is 2.65. The summed E-state index contributed by atoms with van der Waals surface area (Å²) in [6.45, 7) is 6.46. The second-order valence-corrected chi connectivity index (χ2v) is 7.75. The molecule has 27 heavy (non-hydrogen) atoms. The Bertz CT molecular complexity index is 632. The summed E-state index contributed by atoms with van der Waals surface area (Å²) in [5, 5.41) is 6.03. The summed E-state index contributed by atoms with van der Waals surface area (Å²) in [7, 11) is 3.40. The third kappa shape index (κ3) is 5.96. The third-order valence-corrected chi connectivity index (χ3v) is 5.84. The first kappa shape index (κ1) is 21.2. The number of carbonyl (C=O) groups excluding carboxylic acids is 2. The van der Waals surface area contributed by atoms with Crippen molar-refractivity contribution in [1.82, 2.24) is 10.2 Å². The largest absolute Gasteiger partial charge is 0.497 e. The number of nitrogens with zero attached hydrogens (tertiary/aromatic N) is 1. The van der Waals surface area contributed by atoms with Gasteiger partial charge in [0.05, 0.1) is 19.7 Å². The fraction of sp³-hybridized carbons (Fsp3) is 0.619. The lowest BCUT2D eigenvalue weighted by Crippen LogP contribution is -2.51. The van der Waals surface area contributed by atoms with Crippen LogP contribution in [0.1, 0.15) is 40.0 Å². The van der Waals surface area contributed by atoms with Crippen molar-refractivity contribution in [2.45, 2.75) is 52.1 Å². The van der Waals surface area contributed by atoms with Gasteiger partial charge in [-0.1, -0.05) is 26.7 Å². The smallest absolute Gasteiger partial charge is 0.238 e. The van der Waals surface area contributed by atoms with Crippen LogP contribution in [0.3, 0.4) is 0 Å². The van der Waals surface area contributed by atoms with Crippen molar-refractivity contribution in [2.24, 2.45) is 11.8 Å². The maximum Gasteiger partial charge on any atom is 0.238 e. The van der Waals surface area contributed by atoms with Crippen LogP contribution < -0.4 is 15.4 Å². The molecule has 1 aromatic carbocycles. The number of ether oxygens (including phenoxy) is 1. The highest BCUT2D eigenvalue weighted by Crippen LogP contribution is 2.29. The lowest BCUT2D eigenvalue weighted by Gasteiger charge is -2.36. The van der Waals surface area contributed by atoms with Crippen molar-refractivity contribution < 1.29 is 14.3 Å². The molecule has 4 atom stereocenters. The maximum atomic E-state index is 12.6. The predicted octanol–water partition coefficient (Wildman–Crippen LogP) is 2.89. The fourth-order valence-corrected chi connectivity index (χ4v) is 3.53. The Morgan fingerprint density at radius 2 is 1.89 bits per heavy atom. The van der Waals surface area contributed by atoms with Crippen molar-refractivity contribution >= 4 is 17.5 Å². The zero-order valence-corrected chi connectivity index (χ0v) is 17.1. The highest BCUT2D eigenvalue weighted by molar-refractivity contribution is 5.92. The molecule has 150 valence electrons. The topological polar surface area (TPSA) is 70.7 Å². The highest BCUT2D eigenvalue weighted by atomic mass is 16.5. The standard InChI is InChI=1S/C21H33N3O3/c1-14-7-6-8-19(15(14)2)23-21(26)16(3)24(4)13-20(25)22-17-9-11-18(27-5)12-10-17/h9-12,14-16,19H,6-8,13H2,1-5H3,(H,22,25)(H,23,26)/t14-,15+,16+,19-/m0/s1. The van der Waals surface area contributed by atoms with Crippen LogP contribution in [-0.2, 0) is 9.59 Å². The number of rotatable bonds is 7. The molecule has 6 nitrogen and oxygen atoms in total. The minimum Gasteiger partial charge on any atom is -0.497 e. The van der Waals surface area contributed by atoms with E-state index in [0.717, 1.165) is 18.6 Å². The van der Waals surface area contributed by atoms with Gasteiger partial charge in [0.15, 0.2) is 0 Å². The van der Waals surface area contributed by atoms with Crippen LogP contribution >= 0.6 is 0 Å². The van der Waals surface area contributed by atoms with E-state index >= 15 is 0 Å². The lowest BCUT2D eigenvalue weighted by molar-refractivity contribution is -0.127. The molecular formula is C21H33N3O3. The lowest BCUT2D eigenvalue weighted by atomic mass is 9.78. The SMILES string of the molecule is COc1ccc(NC(=O)CN(C)[C@H](C)C(=O)N[C@H]2CCC[C@H](C)[C@H]2C)cc1. The quantitative estimate of drug-likeness (QED) is 0.769. The Hall–Kier alpha value is -2.08. The predicted molar refractivity (Wildman–Crippen MR) is 108 cm³/mol. The van der Waals surface area contributed by atoms with Gasteiger partial charge in [0.2, 0.25) is 11.8 Å². The van der Waals surface area contributed by atoms with Crippen LogP contribution in [0.4, 0.5) is 5.69 Å². The Kier molecular flexibility index (Phi) is 7.66. The number of anilines is 1. The van der Waals surface area contributed by atoms with Crippen LogP contribution in [0.5, 0.6) is 5.75 Å². The van der Waals surface area contributed by atoms with E-state index in [9.17, 15) is 9.59 Å². The van der Waals surface area contributed by atoms with Crippen LogP contribution in [0, 0.1) is 11.8 Å². The summed E-state index contributed by atoms with van der Waals surface area (Å²) in [5.41, 5.74) is 0.705. The number of hydrogen-bond acceptors (Lipinski definition) is 4. The molecule has 2 N–H and O–H groups in total. The second-order valence-electron chi connectivity index (χ2n) is 7.75. The Balaban J connectivity index is 1.83. The molecule has 0 spiro atoms. The van der Waals surface area contributed by atoms with Crippen molar-refractivity contribution in [3.05, 3.63) is 24.3 Å². The molecule has 0 radical (unpaired) electrons. The van der Waals surface area contributed by atoms with Crippen LogP contribution in [0.15, 0.2) is 24.3 Å². The zero-order chi connectivity index (χ0) is 20.0. The Morgan fingerprint density at radius 1 is 1.22 bits per heavy atom. The molecule has 1 aliphatic rings. The van der Waals surface area contributed by atoms with E-state index in [1.807, 2.05) is 6.92 Å². The van der Waals surface area contributed by atoms with Gasteiger partial charge >= 0.3 is 0 Å². The third-order valence-electron chi connectivity index (χ3n) is 5.84. The first-order chi connectivity index (χ1) is 12.8. The molecule has 1 aliphatic carbocycles. The molecule has 1 fully saturated rings. The van der Waals surface area contributed by atoms with Crippen molar-refractivity contribution in [2.75, 3.05) is 26.0 Å². The molecule has 1 saturated carbocycles. The van der Waals surface area contributed by atoms with Gasteiger partial charge in [-0.25, -0.2) is 0 Å². The zero-order valence-electron chi connectivity index (χ0n) is 17.1. The number of likely N-dealkylation sites (N-methyl/N-ethyl adjacent to an activating group) is 1. The van der Waals surface area contributed by atoms with Gasteiger partial charge in [-0.15, -0.1) is 0 Å². The van der Waals surface area contributed by atoms with Crippen molar-refractivity contribution in [3.8, 4) is 5.75 Å². The second kappa shape index (κ2) is 9.74. The number of methoxy groups -OCH3 is 1. The van der Waals surface area contributed by atoms with E-state index in [4.69, 9.17) is 4.74 Å². The monoisotopic (exact) mass is 375 g/mol. The summed E-state index contributed by atoms with van der Waals surface area (Å²) in [6, 6.07) is 7.03. The van der Waals surface area contributed by atoms with Crippen molar-refractivity contribution in [1.29, 1.82) is 0 Å².